The average molecular weight is 328 g/mol. The predicted octanol–water partition coefficient (Wildman–Crippen LogP) is 2.91. The molecule has 0 aliphatic carbocycles. The van der Waals surface area contributed by atoms with E-state index in [4.69, 9.17) is 4.74 Å². The quantitative estimate of drug-likeness (QED) is 0.637. The Morgan fingerprint density at radius 2 is 2.22 bits per heavy atom. The maximum atomic E-state index is 12.1. The van der Waals surface area contributed by atoms with Crippen LogP contribution in [0.1, 0.15) is 13.8 Å². The van der Waals surface area contributed by atoms with Crippen molar-refractivity contribution in [1.82, 2.24) is 15.2 Å². The molecule has 0 unspecified atom stereocenters. The summed E-state index contributed by atoms with van der Waals surface area (Å²) in [6.07, 6.45) is 1.29. The molecule has 7 heteroatoms. The summed E-state index contributed by atoms with van der Waals surface area (Å²) in [4.78, 5) is 18.1. The van der Waals surface area contributed by atoms with Crippen LogP contribution in [0.15, 0.2) is 42.1 Å². The minimum Gasteiger partial charge on any atom is -0.452 e. The highest BCUT2D eigenvalue weighted by atomic mass is 32.2. The number of anilines is 1. The Hall–Kier alpha value is -2.41. The third-order valence-corrected chi connectivity index (χ3v) is 4.20. The molecule has 2 heterocycles. The number of hydrogen-bond acceptors (Lipinski definition) is 6. The Morgan fingerprint density at radius 1 is 1.43 bits per heavy atom. The Bertz CT molecular complexity index is 765. The highest BCUT2D eigenvalue weighted by Crippen LogP contribution is 2.39. The molecule has 1 amide bonds. The number of carbonyl (C=O) groups excluding carboxylic acids is 1. The fourth-order valence-corrected chi connectivity index (χ4v) is 2.98. The van der Waals surface area contributed by atoms with Gasteiger partial charge in [0.2, 0.25) is 16.9 Å². The van der Waals surface area contributed by atoms with Crippen LogP contribution >= 0.6 is 11.8 Å². The van der Waals surface area contributed by atoms with E-state index in [2.05, 4.69) is 21.8 Å². The molecular weight excluding hydrogens is 312 g/mol. The van der Waals surface area contributed by atoms with Gasteiger partial charge in [-0.15, -0.1) is 16.8 Å². The molecule has 0 spiro atoms. The van der Waals surface area contributed by atoms with Gasteiger partial charge in [-0.25, -0.2) is 0 Å². The summed E-state index contributed by atoms with van der Waals surface area (Å²) in [6.45, 7) is 7.00. The van der Waals surface area contributed by atoms with Gasteiger partial charge < -0.3 is 4.74 Å². The van der Waals surface area contributed by atoms with Crippen LogP contribution in [-0.2, 0) is 4.79 Å². The zero-order valence-corrected chi connectivity index (χ0v) is 13.7. The number of amides is 1. The number of carbonyl (C=O) groups is 1. The Balaban J connectivity index is 2.13. The van der Waals surface area contributed by atoms with E-state index in [-0.39, 0.29) is 5.91 Å². The van der Waals surface area contributed by atoms with Gasteiger partial charge in [0, 0.05) is 18.2 Å². The van der Waals surface area contributed by atoms with Gasteiger partial charge in [-0.1, -0.05) is 36.0 Å². The number of benzene rings is 1. The molecule has 0 saturated heterocycles. The number of thioether (sulfide) groups is 1. The number of ether oxygens (including phenoxy) is 1. The molecule has 1 aliphatic rings. The maximum Gasteiger partial charge on any atom is 0.247 e. The largest absolute Gasteiger partial charge is 0.452 e. The smallest absolute Gasteiger partial charge is 0.247 e. The predicted molar refractivity (Wildman–Crippen MR) is 89.4 cm³/mol. The lowest BCUT2D eigenvalue weighted by atomic mass is 10.1. The van der Waals surface area contributed by atoms with E-state index in [0.717, 1.165) is 11.3 Å². The fourth-order valence-electron chi connectivity index (χ4n) is 2.46. The van der Waals surface area contributed by atoms with E-state index in [1.807, 2.05) is 31.2 Å². The molecule has 1 aromatic heterocycles. The summed E-state index contributed by atoms with van der Waals surface area (Å²) in [5.74, 6) is 0.967. The molecule has 118 valence electrons. The first-order valence-corrected chi connectivity index (χ1v) is 8.14. The van der Waals surface area contributed by atoms with Crippen molar-refractivity contribution in [2.75, 3.05) is 10.7 Å². The van der Waals surface area contributed by atoms with E-state index in [9.17, 15) is 4.79 Å². The molecule has 3 rings (SSSR count). The molecule has 0 fully saturated rings. The maximum absolute atomic E-state index is 12.1. The summed E-state index contributed by atoms with van der Waals surface area (Å²) in [5.41, 5.74) is 2.07. The zero-order valence-electron chi connectivity index (χ0n) is 12.9. The van der Waals surface area contributed by atoms with Gasteiger partial charge in [-0.05, 0) is 13.0 Å². The number of nitrogens with zero attached hydrogens (tertiary/aromatic N) is 4. The van der Waals surface area contributed by atoms with Gasteiger partial charge in [0.05, 0.1) is 5.69 Å². The van der Waals surface area contributed by atoms with E-state index < -0.39 is 6.23 Å². The van der Waals surface area contributed by atoms with E-state index in [1.54, 1.807) is 11.0 Å². The molecule has 0 saturated carbocycles. The molecule has 1 aliphatic heterocycles. The fraction of sp³-hybridized carbons (Fsp3) is 0.250. The first-order valence-electron chi connectivity index (χ1n) is 7.16. The summed E-state index contributed by atoms with van der Waals surface area (Å²) >= 11 is 1.43. The number of hydrogen-bond donors (Lipinski definition) is 0. The van der Waals surface area contributed by atoms with Crippen LogP contribution in [0, 0.1) is 0 Å². The first kappa shape index (κ1) is 15.5. The standard InChI is InChI=1S/C16H16N4O2S/c1-4-9-23-16-17-15-14(18-19-16)12-7-5-6-8-13(12)20(10(2)21)11(3)22-15/h4-8,11H,1,9H2,2-3H3/t11-/m1/s1. The lowest BCUT2D eigenvalue weighted by molar-refractivity contribution is -0.118. The first-order chi connectivity index (χ1) is 11.1. The van der Waals surface area contributed by atoms with Gasteiger partial charge in [0.1, 0.15) is 0 Å². The summed E-state index contributed by atoms with van der Waals surface area (Å²) in [6, 6.07) is 7.52. The van der Waals surface area contributed by atoms with Crippen molar-refractivity contribution in [1.29, 1.82) is 0 Å². The van der Waals surface area contributed by atoms with Crippen molar-refractivity contribution < 1.29 is 9.53 Å². The molecule has 1 atom stereocenters. The average Bonchev–Trinajstić information content (AvgIpc) is 2.65. The summed E-state index contributed by atoms with van der Waals surface area (Å²) < 4.78 is 5.89. The van der Waals surface area contributed by atoms with Crippen LogP contribution < -0.4 is 9.64 Å². The topological polar surface area (TPSA) is 68.2 Å². The number of para-hydroxylation sites is 1. The van der Waals surface area contributed by atoms with Crippen molar-refractivity contribution in [2.24, 2.45) is 0 Å². The van der Waals surface area contributed by atoms with Gasteiger partial charge >= 0.3 is 0 Å². The third-order valence-electron chi connectivity index (χ3n) is 3.37. The van der Waals surface area contributed by atoms with Crippen LogP contribution in [0.5, 0.6) is 5.88 Å². The van der Waals surface area contributed by atoms with Crippen molar-refractivity contribution >= 4 is 23.4 Å². The van der Waals surface area contributed by atoms with Crippen molar-refractivity contribution in [3.8, 4) is 17.1 Å². The van der Waals surface area contributed by atoms with Crippen LogP contribution in [0.4, 0.5) is 5.69 Å². The van der Waals surface area contributed by atoms with Gasteiger partial charge in [-0.3, -0.25) is 9.69 Å². The second-order valence-corrected chi connectivity index (χ2v) is 5.96. The molecular formula is C16H16N4O2S. The SMILES string of the molecule is C=CCSc1nnc2c(n1)O[C@H](C)N(C(C)=O)c1ccccc1-2. The summed E-state index contributed by atoms with van der Waals surface area (Å²) in [7, 11) is 0. The highest BCUT2D eigenvalue weighted by Gasteiger charge is 2.30. The minimum absolute atomic E-state index is 0.105. The molecule has 23 heavy (non-hydrogen) atoms. The van der Waals surface area contributed by atoms with Crippen LogP contribution in [0.25, 0.3) is 11.3 Å². The molecule has 0 radical (unpaired) electrons. The van der Waals surface area contributed by atoms with Crippen molar-refractivity contribution in [3.63, 3.8) is 0 Å². The molecule has 6 nitrogen and oxygen atoms in total. The molecule has 0 bridgehead atoms. The number of fused-ring (bicyclic) bond motifs is 3. The summed E-state index contributed by atoms with van der Waals surface area (Å²) in [5, 5.41) is 8.92. The molecule has 1 aromatic carbocycles. The van der Waals surface area contributed by atoms with E-state index >= 15 is 0 Å². The normalized spacial score (nSPS) is 15.9. The van der Waals surface area contributed by atoms with Crippen LogP contribution in [0.2, 0.25) is 0 Å². The number of rotatable bonds is 3. The second kappa shape index (κ2) is 6.37. The van der Waals surface area contributed by atoms with Crippen LogP contribution in [0.3, 0.4) is 0 Å². The monoisotopic (exact) mass is 328 g/mol. The lowest BCUT2D eigenvalue weighted by Gasteiger charge is -2.26. The highest BCUT2D eigenvalue weighted by molar-refractivity contribution is 7.99. The van der Waals surface area contributed by atoms with Crippen molar-refractivity contribution in [2.45, 2.75) is 25.2 Å². The van der Waals surface area contributed by atoms with Gasteiger partial charge in [0.25, 0.3) is 0 Å². The van der Waals surface area contributed by atoms with E-state index in [1.165, 1.54) is 18.7 Å². The second-order valence-electron chi connectivity index (χ2n) is 4.97. The number of aromatic nitrogens is 3. The Labute approximate surface area is 138 Å². The molecule has 0 N–H and O–H groups in total. The minimum atomic E-state index is -0.483. The Morgan fingerprint density at radius 3 is 2.96 bits per heavy atom. The van der Waals surface area contributed by atoms with E-state index in [0.29, 0.717) is 22.5 Å². The van der Waals surface area contributed by atoms with Crippen molar-refractivity contribution in [3.05, 3.63) is 36.9 Å². The molecule has 2 aromatic rings. The lowest BCUT2D eigenvalue weighted by Crippen LogP contribution is -2.40. The van der Waals surface area contributed by atoms with Crippen LogP contribution in [-0.4, -0.2) is 33.1 Å². The zero-order chi connectivity index (χ0) is 16.4. The Kier molecular flexibility index (Phi) is 4.29. The van der Waals surface area contributed by atoms with Gasteiger partial charge in [0.15, 0.2) is 11.9 Å². The third kappa shape index (κ3) is 2.92. The van der Waals surface area contributed by atoms with Gasteiger partial charge in [-0.2, -0.15) is 4.98 Å².